The molecule has 136 valence electrons. The van der Waals surface area contributed by atoms with E-state index in [4.69, 9.17) is 4.74 Å². The SMILES string of the molecule is O=C(Cc1ccc(-c2ccncc2)c(CO)c1)C1CCOc2ccccc21. The molecule has 1 aliphatic heterocycles. The Balaban J connectivity index is 1.58. The summed E-state index contributed by atoms with van der Waals surface area (Å²) >= 11 is 0. The Morgan fingerprint density at radius 1 is 1.11 bits per heavy atom. The lowest BCUT2D eigenvalue weighted by Gasteiger charge is -2.25. The first-order valence-corrected chi connectivity index (χ1v) is 9.14. The Labute approximate surface area is 158 Å². The van der Waals surface area contributed by atoms with Crippen LogP contribution in [0.15, 0.2) is 67.0 Å². The minimum absolute atomic E-state index is 0.0697. The highest BCUT2D eigenvalue weighted by Gasteiger charge is 2.27. The highest BCUT2D eigenvalue weighted by Crippen LogP contribution is 2.35. The minimum Gasteiger partial charge on any atom is -0.493 e. The normalized spacial score (nSPS) is 15.7. The molecule has 1 N–H and O–H groups in total. The van der Waals surface area contributed by atoms with Gasteiger partial charge in [-0.3, -0.25) is 9.78 Å². The van der Waals surface area contributed by atoms with Crippen LogP contribution >= 0.6 is 0 Å². The monoisotopic (exact) mass is 359 g/mol. The average molecular weight is 359 g/mol. The highest BCUT2D eigenvalue weighted by atomic mass is 16.5. The van der Waals surface area contributed by atoms with Crippen molar-refractivity contribution in [1.82, 2.24) is 4.98 Å². The molecule has 0 aliphatic carbocycles. The number of Topliss-reactive ketones (excluding diaryl/α,β-unsaturated/α-hetero) is 1. The number of fused-ring (bicyclic) bond motifs is 1. The molecule has 1 unspecified atom stereocenters. The van der Waals surface area contributed by atoms with Crippen molar-refractivity contribution in [2.24, 2.45) is 0 Å². The zero-order chi connectivity index (χ0) is 18.6. The summed E-state index contributed by atoms with van der Waals surface area (Å²) in [5.74, 6) is 0.866. The molecular weight excluding hydrogens is 338 g/mol. The fourth-order valence-electron chi connectivity index (χ4n) is 3.70. The number of ketones is 1. The van der Waals surface area contributed by atoms with Crippen molar-refractivity contribution in [3.63, 3.8) is 0 Å². The van der Waals surface area contributed by atoms with Crippen LogP contribution in [0.3, 0.4) is 0 Å². The number of pyridine rings is 1. The quantitative estimate of drug-likeness (QED) is 0.750. The molecule has 0 saturated heterocycles. The first-order chi connectivity index (χ1) is 13.3. The number of hydrogen-bond donors (Lipinski definition) is 1. The van der Waals surface area contributed by atoms with Gasteiger partial charge in [-0.25, -0.2) is 0 Å². The van der Waals surface area contributed by atoms with Crippen molar-refractivity contribution >= 4 is 5.78 Å². The molecule has 4 rings (SSSR count). The number of aromatic nitrogens is 1. The van der Waals surface area contributed by atoms with Crippen LogP contribution in [0.1, 0.15) is 29.0 Å². The van der Waals surface area contributed by atoms with E-state index in [1.165, 1.54) is 0 Å². The van der Waals surface area contributed by atoms with Gasteiger partial charge in [-0.05, 0) is 46.9 Å². The van der Waals surface area contributed by atoms with Crippen LogP contribution in [-0.4, -0.2) is 22.5 Å². The van der Waals surface area contributed by atoms with Crippen molar-refractivity contribution in [3.8, 4) is 16.9 Å². The molecular formula is C23H21NO3. The zero-order valence-corrected chi connectivity index (χ0v) is 15.0. The van der Waals surface area contributed by atoms with Crippen LogP contribution < -0.4 is 4.74 Å². The van der Waals surface area contributed by atoms with Gasteiger partial charge < -0.3 is 9.84 Å². The molecule has 1 aromatic heterocycles. The number of carbonyl (C=O) groups is 1. The maximum Gasteiger partial charge on any atom is 0.144 e. The molecule has 0 saturated carbocycles. The number of carbonyl (C=O) groups excluding carboxylic acids is 1. The number of nitrogens with zero attached hydrogens (tertiary/aromatic N) is 1. The largest absolute Gasteiger partial charge is 0.493 e. The maximum absolute atomic E-state index is 13.0. The molecule has 2 heterocycles. The average Bonchev–Trinajstić information content (AvgIpc) is 2.73. The molecule has 1 aliphatic rings. The van der Waals surface area contributed by atoms with Crippen LogP contribution in [0.25, 0.3) is 11.1 Å². The number of hydrogen-bond acceptors (Lipinski definition) is 4. The summed E-state index contributed by atoms with van der Waals surface area (Å²) in [6.45, 7) is 0.496. The summed E-state index contributed by atoms with van der Waals surface area (Å²) in [6.07, 6.45) is 4.52. The van der Waals surface area contributed by atoms with E-state index in [0.717, 1.165) is 33.6 Å². The molecule has 0 bridgehead atoms. The topological polar surface area (TPSA) is 59.4 Å². The standard InChI is InChI=1S/C23H21NO3/c25-15-18-13-16(5-6-19(18)17-7-10-24-11-8-17)14-22(26)20-9-12-27-23-4-2-1-3-21(20)23/h1-8,10-11,13,20,25H,9,12,14-15H2. The second-order valence-corrected chi connectivity index (χ2v) is 6.76. The second-order valence-electron chi connectivity index (χ2n) is 6.76. The number of rotatable bonds is 5. The van der Waals surface area contributed by atoms with Crippen molar-refractivity contribution in [3.05, 3.63) is 83.7 Å². The van der Waals surface area contributed by atoms with E-state index in [0.29, 0.717) is 19.4 Å². The summed E-state index contributed by atoms with van der Waals surface area (Å²) in [6, 6.07) is 17.5. The number of benzene rings is 2. The van der Waals surface area contributed by atoms with Crippen molar-refractivity contribution in [2.45, 2.75) is 25.4 Å². The van der Waals surface area contributed by atoms with Crippen LogP contribution in [0.2, 0.25) is 0 Å². The van der Waals surface area contributed by atoms with Gasteiger partial charge in [-0.15, -0.1) is 0 Å². The van der Waals surface area contributed by atoms with Gasteiger partial charge in [0.1, 0.15) is 11.5 Å². The molecule has 3 aromatic rings. The highest BCUT2D eigenvalue weighted by molar-refractivity contribution is 5.88. The molecule has 2 aromatic carbocycles. The molecule has 4 nitrogen and oxygen atoms in total. The Morgan fingerprint density at radius 3 is 2.74 bits per heavy atom. The van der Waals surface area contributed by atoms with Crippen molar-refractivity contribution in [2.75, 3.05) is 6.61 Å². The summed E-state index contributed by atoms with van der Waals surface area (Å²) in [4.78, 5) is 17.0. The lowest BCUT2D eigenvalue weighted by Crippen LogP contribution is -2.22. The molecule has 4 heteroatoms. The van der Waals surface area contributed by atoms with E-state index in [1.54, 1.807) is 12.4 Å². The third-order valence-electron chi connectivity index (χ3n) is 5.06. The van der Waals surface area contributed by atoms with Crippen LogP contribution in [0, 0.1) is 0 Å². The van der Waals surface area contributed by atoms with Gasteiger partial charge >= 0.3 is 0 Å². The fraction of sp³-hybridized carbons (Fsp3) is 0.217. The van der Waals surface area contributed by atoms with Gasteiger partial charge in [0, 0.05) is 30.3 Å². The minimum atomic E-state index is -0.132. The Kier molecular flexibility index (Phi) is 4.99. The smallest absolute Gasteiger partial charge is 0.144 e. The van der Waals surface area contributed by atoms with Crippen molar-refractivity contribution < 1.29 is 14.6 Å². The Bertz CT molecular complexity index is 953. The summed E-state index contributed by atoms with van der Waals surface area (Å²) in [5.41, 5.74) is 4.69. The molecule has 0 radical (unpaired) electrons. The van der Waals surface area contributed by atoms with Gasteiger partial charge in [0.25, 0.3) is 0 Å². The van der Waals surface area contributed by atoms with E-state index >= 15 is 0 Å². The summed E-state index contributed by atoms with van der Waals surface area (Å²) in [5, 5.41) is 9.80. The maximum atomic E-state index is 13.0. The molecule has 0 spiro atoms. The number of ether oxygens (including phenoxy) is 1. The number of para-hydroxylation sites is 1. The summed E-state index contributed by atoms with van der Waals surface area (Å²) in [7, 11) is 0. The van der Waals surface area contributed by atoms with Gasteiger partial charge in [0.2, 0.25) is 0 Å². The van der Waals surface area contributed by atoms with Gasteiger partial charge in [-0.2, -0.15) is 0 Å². The van der Waals surface area contributed by atoms with E-state index in [9.17, 15) is 9.90 Å². The number of aliphatic hydroxyl groups is 1. The van der Waals surface area contributed by atoms with Crippen LogP contribution in [-0.2, 0) is 17.8 Å². The van der Waals surface area contributed by atoms with E-state index in [1.807, 2.05) is 54.6 Å². The van der Waals surface area contributed by atoms with E-state index in [-0.39, 0.29) is 18.3 Å². The molecule has 0 amide bonds. The second kappa shape index (κ2) is 7.72. The Morgan fingerprint density at radius 2 is 1.93 bits per heavy atom. The summed E-state index contributed by atoms with van der Waals surface area (Å²) < 4.78 is 5.66. The van der Waals surface area contributed by atoms with Crippen molar-refractivity contribution in [1.29, 1.82) is 0 Å². The van der Waals surface area contributed by atoms with E-state index in [2.05, 4.69) is 4.98 Å². The predicted molar refractivity (Wildman–Crippen MR) is 104 cm³/mol. The lowest BCUT2D eigenvalue weighted by molar-refractivity contribution is -0.120. The Hall–Kier alpha value is -2.98. The molecule has 0 fully saturated rings. The fourth-order valence-corrected chi connectivity index (χ4v) is 3.70. The first kappa shape index (κ1) is 17.4. The molecule has 1 atom stereocenters. The number of aliphatic hydroxyl groups excluding tert-OH is 1. The predicted octanol–water partition coefficient (Wildman–Crippen LogP) is 3.92. The van der Waals surface area contributed by atoms with Crippen LogP contribution in [0.4, 0.5) is 0 Å². The van der Waals surface area contributed by atoms with Gasteiger partial charge in [0.15, 0.2) is 0 Å². The van der Waals surface area contributed by atoms with E-state index < -0.39 is 0 Å². The first-order valence-electron chi connectivity index (χ1n) is 9.14. The van der Waals surface area contributed by atoms with Gasteiger partial charge in [-0.1, -0.05) is 36.4 Å². The van der Waals surface area contributed by atoms with Crippen LogP contribution in [0.5, 0.6) is 5.75 Å². The van der Waals surface area contributed by atoms with Gasteiger partial charge in [0.05, 0.1) is 13.2 Å². The lowest BCUT2D eigenvalue weighted by atomic mass is 9.86. The zero-order valence-electron chi connectivity index (χ0n) is 15.0. The molecule has 27 heavy (non-hydrogen) atoms. The third kappa shape index (κ3) is 3.62. The third-order valence-corrected chi connectivity index (χ3v) is 5.06.